The van der Waals surface area contributed by atoms with Crippen LogP contribution in [0.1, 0.15) is 36.3 Å². The van der Waals surface area contributed by atoms with Crippen LogP contribution in [0, 0.1) is 5.41 Å². The quantitative estimate of drug-likeness (QED) is 0.0545. The van der Waals surface area contributed by atoms with Gasteiger partial charge in [-0.25, -0.2) is 4.99 Å². The maximum Gasteiger partial charge on any atom is 0.267 e. The number of carbonyl (C=O) groups excluding carboxylic acids is 3. The van der Waals surface area contributed by atoms with E-state index in [1.54, 1.807) is 47.4 Å². The van der Waals surface area contributed by atoms with Crippen LogP contribution >= 0.6 is 11.8 Å². The highest BCUT2D eigenvalue weighted by atomic mass is 32.2. The normalized spacial score (nSPS) is 17.7. The second-order valence-electron chi connectivity index (χ2n) is 12.2. The number of nitrogens with one attached hydrogen (secondary N) is 2. The fourth-order valence-corrected chi connectivity index (χ4v) is 7.23. The number of nitrogens with zero attached hydrogens (tertiary/aromatic N) is 4. The summed E-state index contributed by atoms with van der Waals surface area (Å²) in [4.78, 5) is 53.6. The average molecular weight is 743 g/mol. The lowest BCUT2D eigenvalue weighted by Gasteiger charge is -2.28. The summed E-state index contributed by atoms with van der Waals surface area (Å²) in [6.07, 6.45) is 2.08. The predicted molar refractivity (Wildman–Crippen MR) is 205 cm³/mol. The molecule has 3 aromatic rings. The molecule has 2 aliphatic heterocycles. The molecule has 0 aliphatic carbocycles. The first-order valence-corrected chi connectivity index (χ1v) is 17.4. The van der Waals surface area contributed by atoms with Crippen molar-refractivity contribution in [2.45, 2.75) is 37.3 Å². The van der Waals surface area contributed by atoms with E-state index in [9.17, 15) is 19.5 Å². The third-order valence-electron chi connectivity index (χ3n) is 8.70. The number of hydrogen-bond donors (Lipinski definition) is 7. The van der Waals surface area contributed by atoms with E-state index in [4.69, 9.17) is 42.8 Å². The lowest BCUT2D eigenvalue weighted by Crippen LogP contribution is -2.54. The summed E-state index contributed by atoms with van der Waals surface area (Å²) in [6, 6.07) is 17.1. The van der Waals surface area contributed by atoms with Crippen LogP contribution in [0.3, 0.4) is 0 Å². The molecule has 5 rings (SSSR count). The highest BCUT2D eigenvalue weighted by Crippen LogP contribution is 2.41. The molecule has 1 unspecified atom stereocenters. The van der Waals surface area contributed by atoms with Crippen LogP contribution in [-0.2, 0) is 14.4 Å². The minimum atomic E-state index is -1.17. The van der Waals surface area contributed by atoms with Crippen molar-refractivity contribution < 1.29 is 29.0 Å². The number of primary amides is 1. The summed E-state index contributed by atoms with van der Waals surface area (Å²) >= 11 is 1.05. The fraction of sp³-hybridized carbons (Fsp3) is 0.278. The number of phenolic OH excluding ortho intramolecular Hbond substituents is 1. The van der Waals surface area contributed by atoms with Gasteiger partial charge in [-0.2, -0.15) is 0 Å². The number of aliphatic imine (C=N–C) groups is 2. The number of rotatable bonds is 14. The maximum atomic E-state index is 14.4. The van der Waals surface area contributed by atoms with E-state index in [1.807, 2.05) is 30.3 Å². The summed E-state index contributed by atoms with van der Waals surface area (Å²) in [5.41, 5.74) is 25.4. The van der Waals surface area contributed by atoms with E-state index in [-0.39, 0.29) is 64.5 Å². The van der Waals surface area contributed by atoms with Gasteiger partial charge < -0.3 is 47.7 Å². The van der Waals surface area contributed by atoms with Gasteiger partial charge in [0.2, 0.25) is 17.6 Å². The van der Waals surface area contributed by atoms with Gasteiger partial charge in [0, 0.05) is 24.7 Å². The molecule has 0 bridgehead atoms. The first-order valence-electron chi connectivity index (χ1n) is 16.6. The molecule has 3 aromatic carbocycles. The number of hydrogen-bond acceptors (Lipinski definition) is 10. The number of nitrogens with two attached hydrogens (primary N) is 4. The Balaban J connectivity index is 1.51. The summed E-state index contributed by atoms with van der Waals surface area (Å²) in [5.74, 6) is -2.45. The number of phenols is 1. The number of amidine groups is 1. The number of aromatic hydroxyl groups is 1. The first-order chi connectivity index (χ1) is 25.4. The van der Waals surface area contributed by atoms with E-state index in [2.05, 4.69) is 10.3 Å². The van der Waals surface area contributed by atoms with Crippen LogP contribution in [0.4, 0.5) is 11.4 Å². The summed E-state index contributed by atoms with van der Waals surface area (Å²) in [5, 5.41) is 21.5. The molecule has 0 saturated carbocycles. The van der Waals surface area contributed by atoms with Gasteiger partial charge in [-0.15, -0.1) is 0 Å². The van der Waals surface area contributed by atoms with Crippen LogP contribution in [0.2, 0.25) is 0 Å². The number of ether oxygens (including phenoxy) is 2. The number of methoxy groups -OCH3 is 2. The Bertz CT molecular complexity index is 1940. The summed E-state index contributed by atoms with van der Waals surface area (Å²) in [7, 11) is 2.78. The molecule has 3 amide bonds. The Hall–Kier alpha value is -6.23. The SMILES string of the molecule is COc1cc(/C=C2\SC(=Nc3ccccc3)N([C@@H](CCCN=C(N)N)C(=O)N[C@@H](CC3CN(C(=N)N)c4ccccc43)C(N)=O)C2=O)cc(OC)c1O. The van der Waals surface area contributed by atoms with E-state index < -0.39 is 29.8 Å². The molecule has 53 heavy (non-hydrogen) atoms. The molecule has 1 fully saturated rings. The summed E-state index contributed by atoms with van der Waals surface area (Å²) in [6.45, 7) is 0.480. The van der Waals surface area contributed by atoms with Gasteiger partial charge in [-0.1, -0.05) is 36.4 Å². The minimum Gasteiger partial charge on any atom is -0.502 e. The van der Waals surface area contributed by atoms with Crippen molar-refractivity contribution in [3.8, 4) is 17.2 Å². The lowest BCUT2D eigenvalue weighted by molar-refractivity contribution is -0.135. The van der Waals surface area contributed by atoms with Crippen molar-refractivity contribution in [3.63, 3.8) is 0 Å². The van der Waals surface area contributed by atoms with Crippen LogP contribution in [-0.4, -0.2) is 84.2 Å². The third kappa shape index (κ3) is 8.81. The second-order valence-corrected chi connectivity index (χ2v) is 13.2. The monoisotopic (exact) mass is 742 g/mol. The number of fused-ring (bicyclic) bond motifs is 1. The van der Waals surface area contributed by atoms with Gasteiger partial charge in [0.05, 0.1) is 24.8 Å². The first kappa shape index (κ1) is 38.0. The molecule has 3 atom stereocenters. The second kappa shape index (κ2) is 16.9. The van der Waals surface area contributed by atoms with Gasteiger partial charge in [0.25, 0.3) is 5.91 Å². The van der Waals surface area contributed by atoms with Gasteiger partial charge in [0.1, 0.15) is 12.1 Å². The Morgan fingerprint density at radius 2 is 1.72 bits per heavy atom. The van der Waals surface area contributed by atoms with Gasteiger partial charge in [0.15, 0.2) is 28.6 Å². The molecule has 16 nitrogen and oxygen atoms in total. The Kier molecular flexibility index (Phi) is 12.1. The van der Waals surface area contributed by atoms with Gasteiger partial charge in [-0.3, -0.25) is 29.7 Å². The van der Waals surface area contributed by atoms with Crippen molar-refractivity contribution in [1.82, 2.24) is 10.2 Å². The highest BCUT2D eigenvalue weighted by Gasteiger charge is 2.43. The van der Waals surface area contributed by atoms with E-state index in [0.29, 0.717) is 24.2 Å². The number of para-hydroxylation sites is 2. The molecule has 278 valence electrons. The largest absolute Gasteiger partial charge is 0.502 e. The zero-order chi connectivity index (χ0) is 38.2. The van der Waals surface area contributed by atoms with Crippen molar-refractivity contribution in [2.24, 2.45) is 32.9 Å². The molecule has 11 N–H and O–H groups in total. The average Bonchev–Trinajstić information content (AvgIpc) is 3.65. The van der Waals surface area contributed by atoms with Crippen LogP contribution < -0.4 is 42.6 Å². The van der Waals surface area contributed by atoms with Crippen LogP contribution in [0.25, 0.3) is 6.08 Å². The number of benzene rings is 3. The number of guanidine groups is 2. The molecule has 2 heterocycles. The Morgan fingerprint density at radius 1 is 1.06 bits per heavy atom. The van der Waals surface area contributed by atoms with Crippen LogP contribution in [0.5, 0.6) is 17.2 Å². The third-order valence-corrected chi connectivity index (χ3v) is 9.69. The number of thioether (sulfide) groups is 1. The number of amides is 3. The number of carbonyl (C=O) groups is 3. The Morgan fingerprint density at radius 3 is 2.34 bits per heavy atom. The molecule has 0 radical (unpaired) electrons. The molecule has 17 heteroatoms. The fourth-order valence-electron chi connectivity index (χ4n) is 6.20. The van der Waals surface area contributed by atoms with E-state index >= 15 is 0 Å². The molecular weight excluding hydrogens is 701 g/mol. The molecule has 2 aliphatic rings. The highest BCUT2D eigenvalue weighted by molar-refractivity contribution is 8.18. The Labute approximate surface area is 310 Å². The molecule has 1 saturated heterocycles. The van der Waals surface area contributed by atoms with Crippen molar-refractivity contribution in [1.29, 1.82) is 5.41 Å². The van der Waals surface area contributed by atoms with Crippen molar-refractivity contribution in [3.05, 3.63) is 82.8 Å². The van der Waals surface area contributed by atoms with E-state index in [0.717, 1.165) is 23.0 Å². The lowest BCUT2D eigenvalue weighted by atomic mass is 9.93. The molecule has 0 spiro atoms. The van der Waals surface area contributed by atoms with Gasteiger partial charge in [-0.05, 0) is 78.6 Å². The molecule has 0 aromatic heterocycles. The smallest absolute Gasteiger partial charge is 0.267 e. The zero-order valence-corrected chi connectivity index (χ0v) is 30.0. The maximum absolute atomic E-state index is 14.4. The van der Waals surface area contributed by atoms with Crippen LogP contribution in [0.15, 0.2) is 81.6 Å². The van der Waals surface area contributed by atoms with E-state index in [1.165, 1.54) is 19.1 Å². The predicted octanol–water partition coefficient (Wildman–Crippen LogP) is 2.29. The summed E-state index contributed by atoms with van der Waals surface area (Å²) < 4.78 is 10.6. The zero-order valence-electron chi connectivity index (χ0n) is 29.2. The topological polar surface area (TPSA) is 261 Å². The van der Waals surface area contributed by atoms with Crippen molar-refractivity contribution >= 4 is 64.0 Å². The van der Waals surface area contributed by atoms with Crippen molar-refractivity contribution in [2.75, 3.05) is 32.2 Å². The minimum absolute atomic E-state index is 0.0900. The van der Waals surface area contributed by atoms with Gasteiger partial charge >= 0.3 is 0 Å². The number of anilines is 1. The molecular formula is C36H42N10O6S. The standard InChI is InChI=1S/C36H42N10O6S/c1-51-27-15-20(16-28(52-2)30(27)47)17-29-33(50)46(36(53-29)43-22-9-4-3-5-10-22)26(13-8-14-42-34(38)39)32(49)44-24(31(37)48)18-21-19-45(35(40)41)25-12-7-6-11-23(21)25/h3-7,9-12,15-17,21,24,26,47H,8,13-14,18-19H2,1-2H3,(H2,37,48)(H3,40,41)(H,44,49)(H4,38,39,42)/b29-17-,43-36?/t21?,24-,26-/m0/s1.